The molecule has 5 rings (SSSR count). The van der Waals surface area contributed by atoms with Gasteiger partial charge in [0.25, 0.3) is 5.56 Å². The van der Waals surface area contributed by atoms with Crippen LogP contribution in [0.5, 0.6) is 0 Å². The van der Waals surface area contributed by atoms with Crippen molar-refractivity contribution in [2.45, 2.75) is 39.5 Å². The molecule has 0 bridgehead atoms. The summed E-state index contributed by atoms with van der Waals surface area (Å²) in [4.78, 5) is 19.7. The molecule has 0 unspecified atom stereocenters. The minimum Gasteiger partial charge on any atom is -0.318 e. The zero-order valence-electron chi connectivity index (χ0n) is 16.9. The highest BCUT2D eigenvalue weighted by atomic mass is 35.5. The summed E-state index contributed by atoms with van der Waals surface area (Å²) in [6, 6.07) is 9.81. The molecule has 0 spiro atoms. The topological polar surface area (TPSA) is 52.2 Å². The smallest absolute Gasteiger partial charge is 0.282 e. The number of nitrogens with zero attached hydrogens (tertiary/aromatic N) is 4. The summed E-state index contributed by atoms with van der Waals surface area (Å²) in [6.07, 6.45) is 7.59. The van der Waals surface area contributed by atoms with Crippen LogP contribution < -0.4 is 5.56 Å². The molecule has 0 saturated carbocycles. The van der Waals surface area contributed by atoms with Crippen LogP contribution in [0.25, 0.3) is 15.9 Å². The van der Waals surface area contributed by atoms with E-state index in [0.29, 0.717) is 5.02 Å². The van der Waals surface area contributed by atoms with Gasteiger partial charge in [0.05, 0.1) is 11.6 Å². The second-order valence-electron chi connectivity index (χ2n) is 7.67. The highest BCUT2D eigenvalue weighted by molar-refractivity contribution is 7.18. The third-order valence-corrected chi connectivity index (χ3v) is 7.15. The Labute approximate surface area is 183 Å². The Hall–Kier alpha value is -2.70. The van der Waals surface area contributed by atoms with Crippen molar-refractivity contribution in [3.8, 4) is 5.69 Å². The standard InChI is InChI=1S/C23H21ClN4OS/c1-14-10-16(15(2)28(14)18-7-5-6-17(24)11-18)12-26-27-13-25-22-21(23(27)29)19-8-3-4-9-20(19)30-22/h5-7,10-13H,3-4,8-9H2,1-2H3/b26-12+. The van der Waals surface area contributed by atoms with Crippen molar-refractivity contribution in [3.05, 3.63) is 79.4 Å². The zero-order chi connectivity index (χ0) is 20.8. The molecule has 0 saturated heterocycles. The number of rotatable bonds is 3. The quantitative estimate of drug-likeness (QED) is 0.410. The fourth-order valence-corrected chi connectivity index (χ4v) is 5.68. The second-order valence-corrected chi connectivity index (χ2v) is 9.19. The van der Waals surface area contributed by atoms with Gasteiger partial charge in [0.2, 0.25) is 0 Å². The number of fused-ring (bicyclic) bond motifs is 3. The normalized spacial score (nSPS) is 14.0. The molecule has 3 aromatic heterocycles. The SMILES string of the molecule is Cc1cc(/C=N/n2cnc3sc4c(c3c2=O)CCCC4)c(C)n1-c1cccc(Cl)c1. The average molecular weight is 437 g/mol. The lowest BCUT2D eigenvalue weighted by molar-refractivity contribution is 0.699. The number of thiophene rings is 1. The molecular formula is C23H21ClN4OS. The molecule has 5 nitrogen and oxygen atoms in total. The van der Waals surface area contributed by atoms with E-state index >= 15 is 0 Å². The van der Waals surface area contributed by atoms with Gasteiger partial charge in [0.1, 0.15) is 11.2 Å². The largest absolute Gasteiger partial charge is 0.318 e. The Kier molecular flexibility index (Phi) is 4.83. The average Bonchev–Trinajstić information content (AvgIpc) is 3.24. The molecule has 7 heteroatoms. The van der Waals surface area contributed by atoms with E-state index in [-0.39, 0.29) is 5.56 Å². The second kappa shape index (κ2) is 7.52. The highest BCUT2D eigenvalue weighted by Gasteiger charge is 2.20. The number of hydrogen-bond donors (Lipinski definition) is 0. The lowest BCUT2D eigenvalue weighted by atomic mass is 9.97. The van der Waals surface area contributed by atoms with Crippen LogP contribution in [0.4, 0.5) is 0 Å². The summed E-state index contributed by atoms with van der Waals surface area (Å²) in [5, 5.41) is 5.91. The van der Waals surface area contributed by atoms with Gasteiger partial charge in [0.15, 0.2) is 0 Å². The van der Waals surface area contributed by atoms with Crippen molar-refractivity contribution in [2.75, 3.05) is 0 Å². The number of benzene rings is 1. The summed E-state index contributed by atoms with van der Waals surface area (Å²) in [5.74, 6) is 0. The van der Waals surface area contributed by atoms with Crippen LogP contribution in [0, 0.1) is 13.8 Å². The molecule has 0 atom stereocenters. The minimum absolute atomic E-state index is 0.0840. The predicted molar refractivity (Wildman–Crippen MR) is 124 cm³/mol. The Morgan fingerprint density at radius 3 is 2.87 bits per heavy atom. The third kappa shape index (κ3) is 3.20. The van der Waals surface area contributed by atoms with Crippen molar-refractivity contribution in [1.82, 2.24) is 14.2 Å². The van der Waals surface area contributed by atoms with Crippen LogP contribution in [-0.4, -0.2) is 20.4 Å². The van der Waals surface area contributed by atoms with Crippen molar-refractivity contribution in [1.29, 1.82) is 0 Å². The number of hydrogen-bond acceptors (Lipinski definition) is 4. The van der Waals surface area contributed by atoms with Crippen molar-refractivity contribution in [2.24, 2.45) is 5.10 Å². The molecule has 152 valence electrons. The highest BCUT2D eigenvalue weighted by Crippen LogP contribution is 2.33. The van der Waals surface area contributed by atoms with Gasteiger partial charge in [-0.05, 0) is 69.4 Å². The van der Waals surface area contributed by atoms with Gasteiger partial charge in [-0.1, -0.05) is 17.7 Å². The van der Waals surface area contributed by atoms with Gasteiger partial charge in [-0.2, -0.15) is 9.78 Å². The van der Waals surface area contributed by atoms with Gasteiger partial charge in [-0.15, -0.1) is 11.3 Å². The molecule has 0 N–H and O–H groups in total. The van der Waals surface area contributed by atoms with Crippen LogP contribution in [-0.2, 0) is 12.8 Å². The molecular weight excluding hydrogens is 416 g/mol. The first-order chi connectivity index (χ1) is 14.5. The van der Waals surface area contributed by atoms with E-state index in [1.54, 1.807) is 17.6 Å². The van der Waals surface area contributed by atoms with E-state index < -0.39 is 0 Å². The fraction of sp³-hybridized carbons (Fsp3) is 0.261. The summed E-state index contributed by atoms with van der Waals surface area (Å²) in [7, 11) is 0. The van der Waals surface area contributed by atoms with Gasteiger partial charge < -0.3 is 4.57 Å². The summed E-state index contributed by atoms with van der Waals surface area (Å²) in [5.41, 5.74) is 5.16. The van der Waals surface area contributed by atoms with Crippen LogP contribution >= 0.6 is 22.9 Å². The fourth-order valence-electron chi connectivity index (χ4n) is 4.27. The van der Waals surface area contributed by atoms with E-state index in [0.717, 1.165) is 52.1 Å². The Morgan fingerprint density at radius 1 is 1.20 bits per heavy atom. The van der Waals surface area contributed by atoms with Crippen molar-refractivity contribution in [3.63, 3.8) is 0 Å². The number of aromatic nitrogens is 3. The van der Waals surface area contributed by atoms with Crippen molar-refractivity contribution < 1.29 is 0 Å². The van der Waals surface area contributed by atoms with Gasteiger partial charge in [0, 0.05) is 32.5 Å². The molecule has 0 fully saturated rings. The van der Waals surface area contributed by atoms with E-state index in [2.05, 4.69) is 20.7 Å². The monoisotopic (exact) mass is 436 g/mol. The molecule has 0 amide bonds. The van der Waals surface area contributed by atoms with E-state index in [1.807, 2.05) is 38.1 Å². The van der Waals surface area contributed by atoms with Crippen LogP contribution in [0.15, 0.2) is 46.6 Å². The minimum atomic E-state index is -0.0840. The summed E-state index contributed by atoms with van der Waals surface area (Å²) < 4.78 is 3.49. The lowest BCUT2D eigenvalue weighted by Gasteiger charge is -2.10. The van der Waals surface area contributed by atoms with E-state index in [1.165, 1.54) is 27.9 Å². The Morgan fingerprint density at radius 2 is 2.03 bits per heavy atom. The first kappa shape index (κ1) is 19.3. The maximum absolute atomic E-state index is 13.1. The molecule has 4 aromatic rings. The Bertz CT molecular complexity index is 1360. The lowest BCUT2D eigenvalue weighted by Crippen LogP contribution is -2.18. The van der Waals surface area contributed by atoms with Gasteiger partial charge in [-0.3, -0.25) is 4.79 Å². The molecule has 0 aliphatic heterocycles. The van der Waals surface area contributed by atoms with Crippen LogP contribution in [0.1, 0.15) is 40.2 Å². The first-order valence-electron chi connectivity index (χ1n) is 10.0. The zero-order valence-corrected chi connectivity index (χ0v) is 18.4. The first-order valence-corrected chi connectivity index (χ1v) is 11.2. The van der Waals surface area contributed by atoms with Crippen LogP contribution in [0.2, 0.25) is 5.02 Å². The Balaban J connectivity index is 1.55. The number of halogens is 1. The van der Waals surface area contributed by atoms with Crippen LogP contribution in [0.3, 0.4) is 0 Å². The maximum atomic E-state index is 13.1. The summed E-state index contributed by atoms with van der Waals surface area (Å²) in [6.45, 7) is 4.08. The van der Waals surface area contributed by atoms with E-state index in [4.69, 9.17) is 11.6 Å². The third-order valence-electron chi connectivity index (χ3n) is 5.72. The predicted octanol–water partition coefficient (Wildman–Crippen LogP) is 5.28. The van der Waals surface area contributed by atoms with Crippen molar-refractivity contribution >= 4 is 39.4 Å². The number of aryl methyl sites for hydroxylation is 3. The maximum Gasteiger partial charge on any atom is 0.282 e. The summed E-state index contributed by atoms with van der Waals surface area (Å²) >= 11 is 7.82. The molecule has 3 heterocycles. The molecule has 0 radical (unpaired) electrons. The molecule has 30 heavy (non-hydrogen) atoms. The molecule has 1 aromatic carbocycles. The van der Waals surface area contributed by atoms with Gasteiger partial charge >= 0.3 is 0 Å². The molecule has 1 aliphatic rings. The van der Waals surface area contributed by atoms with Gasteiger partial charge in [-0.25, -0.2) is 4.98 Å². The molecule has 1 aliphatic carbocycles. The van der Waals surface area contributed by atoms with E-state index in [9.17, 15) is 4.79 Å².